The van der Waals surface area contributed by atoms with Crippen molar-refractivity contribution < 1.29 is 23.8 Å². The predicted octanol–water partition coefficient (Wildman–Crippen LogP) is 4.27. The molecule has 0 saturated carbocycles. The smallest absolute Gasteiger partial charge is 0.328 e. The minimum Gasteiger partial charge on any atom is -0.493 e. The summed E-state index contributed by atoms with van der Waals surface area (Å²) in [5.41, 5.74) is 1.47. The van der Waals surface area contributed by atoms with Gasteiger partial charge in [-0.05, 0) is 41.5 Å². The van der Waals surface area contributed by atoms with Crippen molar-refractivity contribution in [1.29, 1.82) is 0 Å². The number of hydrogen-bond acceptors (Lipinski definition) is 3. The summed E-state index contributed by atoms with van der Waals surface area (Å²) in [4.78, 5) is 10.6. The van der Waals surface area contributed by atoms with Gasteiger partial charge in [-0.2, -0.15) is 0 Å². The van der Waals surface area contributed by atoms with E-state index in [0.717, 1.165) is 11.6 Å². The molecule has 0 aromatic heterocycles. The second-order valence-electron chi connectivity index (χ2n) is 4.61. The summed E-state index contributed by atoms with van der Waals surface area (Å²) >= 11 is 3.37. The molecule has 0 radical (unpaired) electrons. The molecular formula is C17H14BrFO4. The highest BCUT2D eigenvalue weighted by molar-refractivity contribution is 9.10. The van der Waals surface area contributed by atoms with Gasteiger partial charge in [0.2, 0.25) is 0 Å². The molecule has 0 saturated heterocycles. The largest absolute Gasteiger partial charge is 0.493 e. The lowest BCUT2D eigenvalue weighted by Gasteiger charge is -2.13. The highest BCUT2D eigenvalue weighted by atomic mass is 79.9. The minimum atomic E-state index is -1.03. The molecule has 6 heteroatoms. The lowest BCUT2D eigenvalue weighted by atomic mass is 10.2. The number of halogens is 2. The summed E-state index contributed by atoms with van der Waals surface area (Å²) in [6.07, 6.45) is 2.50. The molecule has 0 aliphatic carbocycles. The zero-order valence-corrected chi connectivity index (χ0v) is 13.8. The van der Waals surface area contributed by atoms with E-state index in [1.807, 2.05) is 0 Å². The zero-order chi connectivity index (χ0) is 16.8. The van der Waals surface area contributed by atoms with Crippen molar-refractivity contribution in [1.82, 2.24) is 0 Å². The van der Waals surface area contributed by atoms with Crippen LogP contribution in [-0.2, 0) is 11.4 Å². The molecule has 1 N–H and O–H groups in total. The summed E-state index contributed by atoms with van der Waals surface area (Å²) in [5.74, 6) is -0.368. The van der Waals surface area contributed by atoms with Crippen LogP contribution in [0.3, 0.4) is 0 Å². The Morgan fingerprint density at radius 3 is 2.57 bits per heavy atom. The maximum Gasteiger partial charge on any atom is 0.328 e. The maximum atomic E-state index is 12.9. The standard InChI is InChI=1S/C17H14BrFO4/c1-22-15-8-12(4-7-17(20)21)14(18)9-16(15)23-10-11-2-5-13(19)6-3-11/h2-9H,10H2,1H3,(H,20,21)/b7-4+. The van der Waals surface area contributed by atoms with Gasteiger partial charge in [-0.15, -0.1) is 0 Å². The number of ether oxygens (including phenoxy) is 2. The van der Waals surface area contributed by atoms with Crippen LogP contribution in [0.5, 0.6) is 11.5 Å². The first-order valence-electron chi connectivity index (χ1n) is 6.65. The molecule has 23 heavy (non-hydrogen) atoms. The molecule has 2 rings (SSSR count). The Morgan fingerprint density at radius 2 is 1.96 bits per heavy atom. The van der Waals surface area contributed by atoms with E-state index in [4.69, 9.17) is 14.6 Å². The van der Waals surface area contributed by atoms with Crippen LogP contribution in [0, 0.1) is 5.82 Å². The number of aliphatic carboxylic acids is 1. The van der Waals surface area contributed by atoms with Crippen molar-refractivity contribution in [2.75, 3.05) is 7.11 Å². The average Bonchev–Trinajstić information content (AvgIpc) is 2.53. The molecule has 0 bridgehead atoms. The van der Waals surface area contributed by atoms with Gasteiger partial charge >= 0.3 is 5.97 Å². The van der Waals surface area contributed by atoms with Crippen molar-refractivity contribution in [3.8, 4) is 11.5 Å². The van der Waals surface area contributed by atoms with Crippen LogP contribution in [0.2, 0.25) is 0 Å². The van der Waals surface area contributed by atoms with Crippen LogP contribution in [0.25, 0.3) is 6.08 Å². The molecule has 0 amide bonds. The predicted molar refractivity (Wildman–Crippen MR) is 88.1 cm³/mol. The van der Waals surface area contributed by atoms with E-state index in [2.05, 4.69) is 15.9 Å². The SMILES string of the molecule is COc1cc(/C=C/C(=O)O)c(Br)cc1OCc1ccc(F)cc1. The first-order chi connectivity index (χ1) is 11.0. The second kappa shape index (κ2) is 7.78. The van der Waals surface area contributed by atoms with E-state index in [0.29, 0.717) is 21.5 Å². The van der Waals surface area contributed by atoms with E-state index < -0.39 is 5.97 Å². The molecule has 2 aromatic carbocycles. The first kappa shape index (κ1) is 17.0. The molecule has 0 heterocycles. The van der Waals surface area contributed by atoms with Gasteiger partial charge in [-0.25, -0.2) is 9.18 Å². The summed E-state index contributed by atoms with van der Waals surface area (Å²) in [7, 11) is 1.50. The fourth-order valence-corrected chi connectivity index (χ4v) is 2.31. The van der Waals surface area contributed by atoms with Gasteiger partial charge in [-0.3, -0.25) is 0 Å². The van der Waals surface area contributed by atoms with Gasteiger partial charge in [0.15, 0.2) is 11.5 Å². The van der Waals surface area contributed by atoms with Crippen molar-refractivity contribution in [2.45, 2.75) is 6.61 Å². The van der Waals surface area contributed by atoms with Gasteiger partial charge in [0.25, 0.3) is 0 Å². The lowest BCUT2D eigenvalue weighted by molar-refractivity contribution is -0.131. The Bertz CT molecular complexity index is 726. The number of benzene rings is 2. The lowest BCUT2D eigenvalue weighted by Crippen LogP contribution is -1.98. The Morgan fingerprint density at radius 1 is 1.26 bits per heavy atom. The van der Waals surface area contributed by atoms with Crippen molar-refractivity contribution in [3.63, 3.8) is 0 Å². The third kappa shape index (κ3) is 4.82. The quantitative estimate of drug-likeness (QED) is 0.760. The molecule has 120 valence electrons. The average molecular weight is 381 g/mol. The maximum absolute atomic E-state index is 12.9. The van der Waals surface area contributed by atoms with Crippen LogP contribution in [-0.4, -0.2) is 18.2 Å². The highest BCUT2D eigenvalue weighted by Gasteiger charge is 2.09. The molecule has 0 aliphatic heterocycles. The van der Waals surface area contributed by atoms with Crippen LogP contribution in [0.4, 0.5) is 4.39 Å². The van der Waals surface area contributed by atoms with E-state index >= 15 is 0 Å². The van der Waals surface area contributed by atoms with Gasteiger partial charge in [0.1, 0.15) is 12.4 Å². The van der Waals surface area contributed by atoms with E-state index in [1.165, 1.54) is 25.3 Å². The molecule has 0 unspecified atom stereocenters. The topological polar surface area (TPSA) is 55.8 Å². The number of methoxy groups -OCH3 is 1. The Labute approximate surface area is 141 Å². The molecule has 0 aliphatic rings. The Hall–Kier alpha value is -2.34. The van der Waals surface area contributed by atoms with Crippen molar-refractivity contribution in [3.05, 3.63) is 63.9 Å². The second-order valence-corrected chi connectivity index (χ2v) is 5.47. The fourth-order valence-electron chi connectivity index (χ4n) is 1.85. The number of rotatable bonds is 6. The van der Waals surface area contributed by atoms with E-state index in [-0.39, 0.29) is 12.4 Å². The molecule has 0 fully saturated rings. The third-order valence-electron chi connectivity index (χ3n) is 3.00. The Kier molecular flexibility index (Phi) is 5.76. The monoisotopic (exact) mass is 380 g/mol. The number of carboxylic acids is 1. The van der Waals surface area contributed by atoms with Crippen molar-refractivity contribution in [2.24, 2.45) is 0 Å². The van der Waals surface area contributed by atoms with E-state index in [1.54, 1.807) is 24.3 Å². The van der Waals surface area contributed by atoms with Crippen LogP contribution < -0.4 is 9.47 Å². The zero-order valence-electron chi connectivity index (χ0n) is 12.3. The summed E-state index contributed by atoms with van der Waals surface area (Å²) in [6, 6.07) is 9.38. The van der Waals surface area contributed by atoms with Gasteiger partial charge in [-0.1, -0.05) is 28.1 Å². The molecule has 0 spiro atoms. The van der Waals surface area contributed by atoms with Gasteiger partial charge < -0.3 is 14.6 Å². The number of carboxylic acid groups (broad SMARTS) is 1. The van der Waals surface area contributed by atoms with Crippen LogP contribution in [0.1, 0.15) is 11.1 Å². The van der Waals surface area contributed by atoms with Gasteiger partial charge in [0.05, 0.1) is 7.11 Å². The molecule has 0 atom stereocenters. The number of hydrogen-bond donors (Lipinski definition) is 1. The molecular weight excluding hydrogens is 367 g/mol. The summed E-state index contributed by atoms with van der Waals surface area (Å²) in [6.45, 7) is 0.257. The highest BCUT2D eigenvalue weighted by Crippen LogP contribution is 2.34. The van der Waals surface area contributed by atoms with Crippen LogP contribution >= 0.6 is 15.9 Å². The normalized spacial score (nSPS) is 10.7. The van der Waals surface area contributed by atoms with E-state index in [9.17, 15) is 9.18 Å². The summed E-state index contributed by atoms with van der Waals surface area (Å²) < 4.78 is 24.5. The minimum absolute atomic E-state index is 0.257. The molecule has 4 nitrogen and oxygen atoms in total. The van der Waals surface area contributed by atoms with Crippen LogP contribution in [0.15, 0.2) is 46.9 Å². The third-order valence-corrected chi connectivity index (χ3v) is 3.68. The Balaban J connectivity index is 2.19. The fraction of sp³-hybridized carbons (Fsp3) is 0.118. The summed E-state index contributed by atoms with van der Waals surface area (Å²) in [5, 5.41) is 8.69. The van der Waals surface area contributed by atoms with Gasteiger partial charge in [0, 0.05) is 10.5 Å². The molecule has 2 aromatic rings. The number of carbonyl (C=O) groups is 1. The van der Waals surface area contributed by atoms with Crippen molar-refractivity contribution >= 4 is 28.0 Å². The first-order valence-corrected chi connectivity index (χ1v) is 7.44.